The van der Waals surface area contributed by atoms with E-state index < -0.39 is 17.8 Å². The summed E-state index contributed by atoms with van der Waals surface area (Å²) in [5, 5.41) is 11.3. The highest BCUT2D eigenvalue weighted by Crippen LogP contribution is 2.13. The maximum absolute atomic E-state index is 11.4. The Morgan fingerprint density at radius 2 is 2.13 bits per heavy atom. The number of carbonyl (C=O) groups excluding carboxylic acids is 1. The zero-order chi connectivity index (χ0) is 11.4. The Morgan fingerprint density at radius 1 is 1.47 bits per heavy atom. The molecule has 3 atom stereocenters. The van der Waals surface area contributed by atoms with Crippen molar-refractivity contribution in [2.75, 3.05) is 6.61 Å². The van der Waals surface area contributed by atoms with Gasteiger partial charge >= 0.3 is 5.97 Å². The number of carboxylic acids is 1. The van der Waals surface area contributed by atoms with Crippen LogP contribution in [0.25, 0.3) is 0 Å². The van der Waals surface area contributed by atoms with Crippen LogP contribution in [-0.4, -0.2) is 35.7 Å². The van der Waals surface area contributed by atoms with Crippen LogP contribution in [0.1, 0.15) is 26.7 Å². The van der Waals surface area contributed by atoms with Gasteiger partial charge in [0.15, 0.2) is 0 Å². The maximum Gasteiger partial charge on any atom is 0.315 e. The van der Waals surface area contributed by atoms with Crippen LogP contribution in [0, 0.1) is 5.92 Å². The Bertz CT molecular complexity index is 246. The van der Waals surface area contributed by atoms with E-state index >= 15 is 0 Å². The van der Waals surface area contributed by atoms with E-state index in [9.17, 15) is 9.59 Å². The molecule has 1 amide bonds. The molecule has 86 valence electrons. The predicted octanol–water partition coefficient (Wildman–Crippen LogP) is 0.391. The molecule has 0 aromatic heterocycles. The van der Waals surface area contributed by atoms with Gasteiger partial charge < -0.3 is 15.2 Å². The molecular weight excluding hydrogens is 198 g/mol. The molecule has 0 aromatic carbocycles. The molecule has 1 aliphatic heterocycles. The van der Waals surface area contributed by atoms with Crippen LogP contribution in [0.2, 0.25) is 0 Å². The first kappa shape index (κ1) is 12.0. The first-order valence-electron chi connectivity index (χ1n) is 5.15. The van der Waals surface area contributed by atoms with Crippen LogP contribution in [0.5, 0.6) is 0 Å². The molecule has 2 N–H and O–H groups in total. The van der Waals surface area contributed by atoms with Crippen LogP contribution in [0.15, 0.2) is 0 Å². The zero-order valence-electron chi connectivity index (χ0n) is 9.03. The summed E-state index contributed by atoms with van der Waals surface area (Å²) in [4.78, 5) is 21.9. The number of amides is 1. The standard InChI is InChI=1S/C10H17NO4/c1-6-3-4-8(5-15-6)11-9(12)7(2)10(13)14/h6-8H,3-5H2,1-2H3,(H,11,12)(H,13,14). The van der Waals surface area contributed by atoms with Crippen LogP contribution in [0.3, 0.4) is 0 Å². The fourth-order valence-electron chi connectivity index (χ4n) is 1.44. The molecule has 0 saturated carbocycles. The molecule has 15 heavy (non-hydrogen) atoms. The highest BCUT2D eigenvalue weighted by atomic mass is 16.5. The van der Waals surface area contributed by atoms with Gasteiger partial charge in [0.05, 0.1) is 18.8 Å². The van der Waals surface area contributed by atoms with Crippen molar-refractivity contribution in [2.24, 2.45) is 5.92 Å². The monoisotopic (exact) mass is 215 g/mol. The summed E-state index contributed by atoms with van der Waals surface area (Å²) in [6, 6.07) is -0.0458. The van der Waals surface area contributed by atoms with E-state index in [1.54, 1.807) is 0 Å². The summed E-state index contributed by atoms with van der Waals surface area (Å²) < 4.78 is 5.37. The molecule has 1 fully saturated rings. The Balaban J connectivity index is 2.35. The SMILES string of the molecule is CC1CCC(NC(=O)C(C)C(=O)O)CO1. The lowest BCUT2D eigenvalue weighted by atomic mass is 10.0. The molecule has 3 unspecified atom stereocenters. The minimum absolute atomic E-state index is 0.0458. The van der Waals surface area contributed by atoms with E-state index in [1.807, 2.05) is 6.92 Å². The van der Waals surface area contributed by atoms with Crippen molar-refractivity contribution < 1.29 is 19.4 Å². The quantitative estimate of drug-likeness (QED) is 0.668. The van der Waals surface area contributed by atoms with Crippen molar-refractivity contribution in [3.8, 4) is 0 Å². The van der Waals surface area contributed by atoms with Crippen molar-refractivity contribution in [1.29, 1.82) is 0 Å². The number of carboxylic acid groups (broad SMARTS) is 1. The molecule has 0 bridgehead atoms. The van der Waals surface area contributed by atoms with E-state index in [0.29, 0.717) is 6.61 Å². The van der Waals surface area contributed by atoms with E-state index in [0.717, 1.165) is 12.8 Å². The third kappa shape index (κ3) is 3.51. The molecule has 0 aliphatic carbocycles. The van der Waals surface area contributed by atoms with Gasteiger partial charge in [0, 0.05) is 0 Å². The third-order valence-corrected chi connectivity index (χ3v) is 2.61. The lowest BCUT2D eigenvalue weighted by Gasteiger charge is -2.27. The number of carbonyl (C=O) groups is 2. The van der Waals surface area contributed by atoms with Crippen LogP contribution < -0.4 is 5.32 Å². The average Bonchev–Trinajstić information content (AvgIpc) is 2.20. The minimum atomic E-state index is -1.10. The molecule has 1 saturated heterocycles. The predicted molar refractivity (Wildman–Crippen MR) is 53.4 cm³/mol. The van der Waals surface area contributed by atoms with Crippen molar-refractivity contribution in [2.45, 2.75) is 38.8 Å². The molecule has 0 radical (unpaired) electrons. The van der Waals surface area contributed by atoms with Gasteiger partial charge in [-0.1, -0.05) is 0 Å². The summed E-state index contributed by atoms with van der Waals surface area (Å²) >= 11 is 0. The zero-order valence-corrected chi connectivity index (χ0v) is 9.03. The lowest BCUT2D eigenvalue weighted by Crippen LogP contribution is -2.45. The summed E-state index contributed by atoms with van der Waals surface area (Å²) in [5.41, 5.74) is 0. The highest BCUT2D eigenvalue weighted by Gasteiger charge is 2.25. The highest BCUT2D eigenvalue weighted by molar-refractivity contribution is 5.96. The summed E-state index contributed by atoms with van der Waals surface area (Å²) in [6.45, 7) is 3.83. The summed E-state index contributed by atoms with van der Waals surface area (Å²) in [6.07, 6.45) is 1.97. The number of hydrogen-bond acceptors (Lipinski definition) is 3. The fraction of sp³-hybridized carbons (Fsp3) is 0.800. The molecular formula is C10H17NO4. The van der Waals surface area contributed by atoms with Crippen molar-refractivity contribution in [3.05, 3.63) is 0 Å². The summed E-state index contributed by atoms with van der Waals surface area (Å²) in [7, 11) is 0. The van der Waals surface area contributed by atoms with E-state index in [2.05, 4.69) is 5.32 Å². The molecule has 1 aliphatic rings. The second kappa shape index (κ2) is 5.11. The van der Waals surface area contributed by atoms with Crippen LogP contribution in [0.4, 0.5) is 0 Å². The molecule has 1 heterocycles. The van der Waals surface area contributed by atoms with Crippen LogP contribution in [-0.2, 0) is 14.3 Å². The molecule has 5 heteroatoms. The Kier molecular flexibility index (Phi) is 4.08. The number of aliphatic carboxylic acids is 1. The largest absolute Gasteiger partial charge is 0.481 e. The smallest absolute Gasteiger partial charge is 0.315 e. The number of ether oxygens (including phenoxy) is 1. The lowest BCUT2D eigenvalue weighted by molar-refractivity contribution is -0.146. The topological polar surface area (TPSA) is 75.6 Å². The van der Waals surface area contributed by atoms with Crippen molar-refractivity contribution >= 4 is 11.9 Å². The van der Waals surface area contributed by atoms with Crippen LogP contribution >= 0.6 is 0 Å². The van der Waals surface area contributed by atoms with Gasteiger partial charge in [0.1, 0.15) is 5.92 Å². The Labute approximate surface area is 88.8 Å². The van der Waals surface area contributed by atoms with Crippen molar-refractivity contribution in [3.63, 3.8) is 0 Å². The Hall–Kier alpha value is -1.10. The average molecular weight is 215 g/mol. The number of nitrogens with one attached hydrogen (secondary N) is 1. The summed E-state index contributed by atoms with van der Waals surface area (Å²) in [5.74, 6) is -2.53. The van der Waals surface area contributed by atoms with Gasteiger partial charge in [0.25, 0.3) is 0 Å². The number of hydrogen-bond donors (Lipinski definition) is 2. The Morgan fingerprint density at radius 3 is 2.60 bits per heavy atom. The molecule has 1 rings (SSSR count). The van der Waals surface area contributed by atoms with E-state index in [4.69, 9.17) is 9.84 Å². The second-order valence-electron chi connectivity index (χ2n) is 3.99. The maximum atomic E-state index is 11.4. The van der Waals surface area contributed by atoms with Gasteiger partial charge in [0.2, 0.25) is 5.91 Å². The van der Waals surface area contributed by atoms with E-state index in [-0.39, 0.29) is 12.1 Å². The molecule has 5 nitrogen and oxygen atoms in total. The minimum Gasteiger partial charge on any atom is -0.481 e. The second-order valence-corrected chi connectivity index (χ2v) is 3.99. The normalized spacial score (nSPS) is 28.1. The fourth-order valence-corrected chi connectivity index (χ4v) is 1.44. The van der Waals surface area contributed by atoms with E-state index in [1.165, 1.54) is 6.92 Å². The molecule has 0 aromatic rings. The van der Waals surface area contributed by atoms with Gasteiger partial charge in [-0.2, -0.15) is 0 Å². The first-order chi connectivity index (χ1) is 7.00. The van der Waals surface area contributed by atoms with Gasteiger partial charge in [-0.25, -0.2) is 0 Å². The molecule has 0 spiro atoms. The first-order valence-corrected chi connectivity index (χ1v) is 5.15. The van der Waals surface area contributed by atoms with Gasteiger partial charge in [-0.15, -0.1) is 0 Å². The number of rotatable bonds is 3. The van der Waals surface area contributed by atoms with Crippen molar-refractivity contribution in [1.82, 2.24) is 5.32 Å². The third-order valence-electron chi connectivity index (χ3n) is 2.61. The van der Waals surface area contributed by atoms with Gasteiger partial charge in [-0.05, 0) is 26.7 Å². The van der Waals surface area contributed by atoms with Gasteiger partial charge in [-0.3, -0.25) is 9.59 Å².